The van der Waals surface area contributed by atoms with Gasteiger partial charge in [-0.1, -0.05) is 26.0 Å². The number of allylic oxidation sites excluding steroid dienone is 2. The number of hydrogen-bond donors (Lipinski definition) is 1. The van der Waals surface area contributed by atoms with E-state index in [2.05, 4.69) is 24.9 Å². The van der Waals surface area contributed by atoms with Crippen molar-refractivity contribution in [2.75, 3.05) is 0 Å². The summed E-state index contributed by atoms with van der Waals surface area (Å²) < 4.78 is 39.9. The molecule has 168 valence electrons. The van der Waals surface area contributed by atoms with Crippen LogP contribution >= 0.6 is 0 Å². The zero-order chi connectivity index (χ0) is 22.9. The number of rotatable bonds is 2. The van der Waals surface area contributed by atoms with Crippen molar-refractivity contribution in [1.29, 1.82) is 0 Å². The summed E-state index contributed by atoms with van der Waals surface area (Å²) >= 11 is 0. The summed E-state index contributed by atoms with van der Waals surface area (Å²) in [6, 6.07) is 6.75. The molecule has 1 fully saturated rings. The van der Waals surface area contributed by atoms with Crippen molar-refractivity contribution in [1.82, 2.24) is 4.98 Å². The number of aromatic carboxylic acids is 1. The number of hydrogen-bond acceptors (Lipinski definition) is 2. The molecule has 0 unspecified atom stereocenters. The molecular formula is C26H26F3NO2. The summed E-state index contributed by atoms with van der Waals surface area (Å²) in [4.78, 5) is 15.3. The number of aryl methyl sites for hydroxylation is 1. The molecule has 0 bridgehead atoms. The molecule has 1 aromatic heterocycles. The van der Waals surface area contributed by atoms with E-state index < -0.39 is 17.7 Å². The van der Waals surface area contributed by atoms with Crippen molar-refractivity contribution in [3.8, 4) is 0 Å². The van der Waals surface area contributed by atoms with Crippen LogP contribution in [-0.4, -0.2) is 16.1 Å². The average molecular weight is 441 g/mol. The number of carboxylic acids is 1. The van der Waals surface area contributed by atoms with Crippen LogP contribution in [0.15, 0.2) is 42.7 Å². The maximum atomic E-state index is 13.3. The molecule has 0 amide bonds. The highest BCUT2D eigenvalue weighted by Gasteiger charge is 2.58. The number of alkyl halides is 3. The number of aromatic nitrogens is 1. The van der Waals surface area contributed by atoms with Crippen molar-refractivity contribution >= 4 is 11.5 Å². The Hall–Kier alpha value is -2.63. The number of pyridine rings is 1. The molecule has 0 aliphatic heterocycles. The van der Waals surface area contributed by atoms with E-state index in [9.17, 15) is 23.1 Å². The zero-order valence-corrected chi connectivity index (χ0v) is 18.2. The summed E-state index contributed by atoms with van der Waals surface area (Å²) in [5.41, 5.74) is 3.39. The highest BCUT2D eigenvalue weighted by molar-refractivity contribution is 5.88. The predicted molar refractivity (Wildman–Crippen MR) is 115 cm³/mol. The molecule has 1 heterocycles. The molecule has 1 saturated carbocycles. The van der Waals surface area contributed by atoms with Crippen LogP contribution in [0.4, 0.5) is 13.2 Å². The number of halogens is 3. The Morgan fingerprint density at radius 3 is 2.66 bits per heavy atom. The van der Waals surface area contributed by atoms with Crippen LogP contribution in [0.3, 0.4) is 0 Å². The van der Waals surface area contributed by atoms with Gasteiger partial charge in [-0.15, -0.1) is 0 Å². The fourth-order valence-electron chi connectivity index (χ4n) is 6.99. The van der Waals surface area contributed by atoms with Gasteiger partial charge in [0.15, 0.2) is 0 Å². The largest absolute Gasteiger partial charge is 0.478 e. The molecule has 0 spiro atoms. The van der Waals surface area contributed by atoms with E-state index in [-0.39, 0.29) is 10.8 Å². The molecule has 4 atom stereocenters. The van der Waals surface area contributed by atoms with E-state index in [0.29, 0.717) is 23.0 Å². The fraction of sp³-hybridized carbons (Fsp3) is 0.462. The van der Waals surface area contributed by atoms with Gasteiger partial charge in [0.1, 0.15) is 0 Å². The minimum Gasteiger partial charge on any atom is -0.478 e. The highest BCUT2D eigenvalue weighted by atomic mass is 19.4. The molecular weight excluding hydrogens is 415 g/mol. The average Bonchev–Trinajstić information content (AvgIpc) is 3.11. The molecule has 2 aromatic rings. The van der Waals surface area contributed by atoms with Crippen molar-refractivity contribution < 1.29 is 23.1 Å². The summed E-state index contributed by atoms with van der Waals surface area (Å²) in [7, 11) is 0. The van der Waals surface area contributed by atoms with E-state index in [0.717, 1.165) is 49.4 Å². The molecule has 3 aliphatic rings. The molecule has 1 N–H and O–H groups in total. The number of fused-ring (bicyclic) bond motifs is 5. The van der Waals surface area contributed by atoms with Crippen molar-refractivity contribution in [2.24, 2.45) is 16.7 Å². The summed E-state index contributed by atoms with van der Waals surface area (Å²) in [5.74, 6) is -0.248. The molecule has 0 radical (unpaired) electrons. The van der Waals surface area contributed by atoms with Gasteiger partial charge >= 0.3 is 12.1 Å². The van der Waals surface area contributed by atoms with Gasteiger partial charge in [0, 0.05) is 12.4 Å². The molecule has 3 aliphatic carbocycles. The minimum absolute atomic E-state index is 0.0120. The lowest BCUT2D eigenvalue weighted by Crippen LogP contribution is -2.48. The number of nitrogens with zero attached hydrogens (tertiary/aromatic N) is 1. The van der Waals surface area contributed by atoms with Crippen LogP contribution in [0.5, 0.6) is 0 Å². The first-order chi connectivity index (χ1) is 15.0. The van der Waals surface area contributed by atoms with Crippen LogP contribution in [0.25, 0.3) is 5.57 Å². The molecule has 0 saturated heterocycles. The molecule has 32 heavy (non-hydrogen) atoms. The van der Waals surface area contributed by atoms with Gasteiger partial charge in [-0.05, 0) is 95.2 Å². The van der Waals surface area contributed by atoms with E-state index >= 15 is 0 Å². The van der Waals surface area contributed by atoms with Gasteiger partial charge in [-0.2, -0.15) is 13.2 Å². The van der Waals surface area contributed by atoms with Crippen molar-refractivity contribution in [3.63, 3.8) is 0 Å². The lowest BCUT2D eigenvalue weighted by atomic mass is 9.47. The van der Waals surface area contributed by atoms with Crippen molar-refractivity contribution in [2.45, 2.75) is 58.0 Å². The van der Waals surface area contributed by atoms with Crippen LogP contribution in [0.1, 0.15) is 78.1 Å². The predicted octanol–water partition coefficient (Wildman–Crippen LogP) is 6.74. The van der Waals surface area contributed by atoms with Crippen molar-refractivity contribution in [3.05, 3.63) is 70.6 Å². The highest BCUT2D eigenvalue weighted by Crippen LogP contribution is 2.68. The third-order valence-electron chi connectivity index (χ3n) is 8.56. The number of carboxylic acid groups (broad SMARTS) is 1. The Kier molecular flexibility index (Phi) is 4.60. The first-order valence-corrected chi connectivity index (χ1v) is 11.1. The van der Waals surface area contributed by atoms with Crippen LogP contribution in [-0.2, 0) is 12.6 Å². The second-order valence-corrected chi connectivity index (χ2v) is 10.1. The lowest BCUT2D eigenvalue weighted by molar-refractivity contribution is -0.137. The van der Waals surface area contributed by atoms with Gasteiger partial charge in [-0.25, -0.2) is 4.79 Å². The van der Waals surface area contributed by atoms with Gasteiger partial charge in [0.25, 0.3) is 0 Å². The first kappa shape index (κ1) is 21.2. The standard InChI is InChI=1S/C26H26F3NO2/c1-24-10-8-21-19-4-3-16(23(31)32)11-15(19)7-9-25(21,2)22(24)6-5-20(24)17-12-18(14-30-13-17)26(27,28)29/h3-5,11-14,21-22H,6-10H2,1-2H3,(H,31,32)/t21-,22-,24-,25-/m1/s1. The second kappa shape index (κ2) is 6.93. The third-order valence-corrected chi connectivity index (χ3v) is 8.56. The second-order valence-electron chi connectivity index (χ2n) is 10.1. The maximum absolute atomic E-state index is 13.3. The van der Waals surface area contributed by atoms with E-state index in [4.69, 9.17) is 0 Å². The quantitative estimate of drug-likeness (QED) is 0.562. The minimum atomic E-state index is -4.41. The Balaban J connectivity index is 1.50. The zero-order valence-electron chi connectivity index (χ0n) is 18.2. The van der Waals surface area contributed by atoms with Gasteiger partial charge < -0.3 is 5.11 Å². The number of benzene rings is 1. The Morgan fingerprint density at radius 2 is 1.94 bits per heavy atom. The molecule has 6 heteroatoms. The SMILES string of the molecule is C[C@@]12CCc3cc(C(=O)O)ccc3[C@H]1CC[C@]1(C)C(c3cncc(C(F)(F)F)c3)=CC[C@@H]21. The van der Waals surface area contributed by atoms with Gasteiger partial charge in [0.05, 0.1) is 11.1 Å². The Bertz CT molecular complexity index is 1140. The Morgan fingerprint density at radius 1 is 1.16 bits per heavy atom. The normalized spacial score (nSPS) is 31.3. The topological polar surface area (TPSA) is 50.2 Å². The van der Waals surface area contributed by atoms with Gasteiger partial charge in [0.2, 0.25) is 0 Å². The fourth-order valence-corrected chi connectivity index (χ4v) is 6.99. The molecule has 1 aromatic carbocycles. The van der Waals surface area contributed by atoms with E-state index in [1.165, 1.54) is 11.6 Å². The summed E-state index contributed by atoms with van der Waals surface area (Å²) in [6.07, 6.45) is 4.64. The molecule has 5 rings (SSSR count). The van der Waals surface area contributed by atoms with Gasteiger partial charge in [-0.3, -0.25) is 4.98 Å². The smallest absolute Gasteiger partial charge is 0.417 e. The first-order valence-electron chi connectivity index (χ1n) is 11.1. The maximum Gasteiger partial charge on any atom is 0.417 e. The molecule has 3 nitrogen and oxygen atoms in total. The van der Waals surface area contributed by atoms with Crippen LogP contribution < -0.4 is 0 Å². The monoisotopic (exact) mass is 441 g/mol. The number of carbonyl (C=O) groups is 1. The van der Waals surface area contributed by atoms with E-state index in [1.807, 2.05) is 12.1 Å². The lowest BCUT2D eigenvalue weighted by Gasteiger charge is -2.57. The summed E-state index contributed by atoms with van der Waals surface area (Å²) in [6.45, 7) is 4.54. The Labute approximate surface area is 185 Å². The van der Waals surface area contributed by atoms with Crippen LogP contribution in [0, 0.1) is 16.7 Å². The summed E-state index contributed by atoms with van der Waals surface area (Å²) in [5, 5.41) is 9.35. The van der Waals surface area contributed by atoms with E-state index in [1.54, 1.807) is 12.3 Å². The third kappa shape index (κ3) is 3.02. The van der Waals surface area contributed by atoms with Crippen LogP contribution in [0.2, 0.25) is 0 Å².